The summed E-state index contributed by atoms with van der Waals surface area (Å²) in [6.45, 7) is 4.01. The van der Waals surface area contributed by atoms with Crippen molar-refractivity contribution in [3.63, 3.8) is 0 Å². The molecule has 6 atom stereocenters. The number of phenols is 1. The topological polar surface area (TPSA) is 116 Å². The number of allylic oxidation sites excluding steroid dienone is 2. The predicted octanol–water partition coefficient (Wildman–Crippen LogP) is 6.46. The Bertz CT molecular complexity index is 2090. The molecule has 0 aromatic heterocycles. The highest BCUT2D eigenvalue weighted by atomic mass is 16.5. The van der Waals surface area contributed by atoms with E-state index in [4.69, 9.17) is 4.74 Å². The van der Waals surface area contributed by atoms with E-state index in [9.17, 15) is 19.5 Å². The van der Waals surface area contributed by atoms with Crippen molar-refractivity contribution in [2.45, 2.75) is 44.4 Å². The van der Waals surface area contributed by atoms with E-state index in [1.807, 2.05) is 105 Å². The number of ether oxygens (including phenoxy) is 1. The standard InChI is InChI=1S/C42H39N3O6/c1-4-25-12-17-29(18-13-25)44-38(47)31-20-19-30-32(36(31)40(44)49)23-33-39(48)45(43-28-15-10-24(2)11-16-28)41(50)42(33,27-8-6-5-7-9-27)37(30)26-14-21-35(51-3)34(46)22-26/h5-19,21-22,31-33,36-37,43,46H,4,20,23H2,1-3H3/t31-,32+,33-,36-,37-,42+/m0/s1. The lowest BCUT2D eigenvalue weighted by molar-refractivity contribution is -0.138. The van der Waals surface area contributed by atoms with Gasteiger partial charge >= 0.3 is 0 Å². The first-order valence-electron chi connectivity index (χ1n) is 17.5. The summed E-state index contributed by atoms with van der Waals surface area (Å²) in [6.07, 6.45) is 3.35. The smallest absolute Gasteiger partial charge is 0.260 e. The van der Waals surface area contributed by atoms with Crippen LogP contribution in [0.1, 0.15) is 47.9 Å². The number of phenolic OH excluding ortho intramolecular Hbond substituents is 1. The van der Waals surface area contributed by atoms with Crippen molar-refractivity contribution in [1.29, 1.82) is 0 Å². The van der Waals surface area contributed by atoms with Gasteiger partial charge in [0, 0.05) is 5.92 Å². The summed E-state index contributed by atoms with van der Waals surface area (Å²) in [4.78, 5) is 59.9. The number of fused-ring (bicyclic) bond motifs is 4. The van der Waals surface area contributed by atoms with Crippen LogP contribution in [0.15, 0.2) is 109 Å². The summed E-state index contributed by atoms with van der Waals surface area (Å²) < 4.78 is 5.38. The molecular weight excluding hydrogens is 642 g/mol. The summed E-state index contributed by atoms with van der Waals surface area (Å²) in [5, 5.41) is 12.2. The number of hydrogen-bond acceptors (Lipinski definition) is 7. The van der Waals surface area contributed by atoms with E-state index in [1.54, 1.807) is 12.1 Å². The van der Waals surface area contributed by atoms with Gasteiger partial charge in [-0.25, -0.2) is 0 Å². The number of nitrogens with zero attached hydrogens (tertiary/aromatic N) is 2. The number of aromatic hydroxyl groups is 1. The van der Waals surface area contributed by atoms with Gasteiger partial charge in [-0.1, -0.05) is 84.8 Å². The van der Waals surface area contributed by atoms with E-state index in [1.165, 1.54) is 12.0 Å². The molecular formula is C42H39N3O6. The van der Waals surface area contributed by atoms with Crippen LogP contribution in [0.4, 0.5) is 11.4 Å². The van der Waals surface area contributed by atoms with Gasteiger partial charge in [0.1, 0.15) is 0 Å². The number of anilines is 2. The zero-order chi connectivity index (χ0) is 35.6. The molecule has 8 rings (SSSR count). The average molecular weight is 682 g/mol. The van der Waals surface area contributed by atoms with Gasteiger partial charge in [-0.05, 0) is 85.2 Å². The molecule has 2 N–H and O–H groups in total. The molecule has 0 bridgehead atoms. The van der Waals surface area contributed by atoms with Gasteiger partial charge in [-0.2, -0.15) is 5.01 Å². The van der Waals surface area contributed by atoms with Crippen molar-refractivity contribution in [1.82, 2.24) is 5.01 Å². The molecule has 1 saturated carbocycles. The number of rotatable bonds is 7. The van der Waals surface area contributed by atoms with Crippen molar-refractivity contribution in [2.75, 3.05) is 17.4 Å². The lowest BCUT2D eigenvalue weighted by atomic mass is 9.49. The number of nitrogens with one attached hydrogen (secondary N) is 1. The Hall–Kier alpha value is -5.70. The number of carbonyl (C=O) groups is 4. The number of carbonyl (C=O) groups excluding carboxylic acids is 4. The fourth-order valence-corrected chi connectivity index (χ4v) is 9.14. The molecule has 0 unspecified atom stereocenters. The van der Waals surface area contributed by atoms with Crippen LogP contribution < -0.4 is 15.1 Å². The van der Waals surface area contributed by atoms with Crippen LogP contribution in [0.25, 0.3) is 0 Å². The third kappa shape index (κ3) is 4.82. The van der Waals surface area contributed by atoms with Gasteiger partial charge in [-0.15, -0.1) is 0 Å². The van der Waals surface area contributed by atoms with Crippen molar-refractivity contribution < 1.29 is 29.0 Å². The molecule has 0 spiro atoms. The third-order valence-corrected chi connectivity index (χ3v) is 11.5. The number of hydrazine groups is 1. The van der Waals surface area contributed by atoms with E-state index >= 15 is 4.79 Å². The highest BCUT2D eigenvalue weighted by Gasteiger charge is 2.70. The maximum Gasteiger partial charge on any atom is 0.260 e. The molecule has 2 aliphatic heterocycles. The molecule has 9 heteroatoms. The SMILES string of the molecule is CCc1ccc(N2C(=O)[C@H]3[C@H](CC=C4[C@H]3C[C@H]3C(=O)N(Nc5ccc(C)cc5)C(=O)[C@@]3(c3ccccc3)[C@H]4c3ccc(OC)c(O)c3)C2=O)cc1. The van der Waals surface area contributed by atoms with Crippen LogP contribution in [-0.2, 0) is 31.0 Å². The number of imide groups is 2. The Morgan fingerprint density at radius 3 is 2.25 bits per heavy atom. The second-order valence-corrected chi connectivity index (χ2v) is 14.1. The predicted molar refractivity (Wildman–Crippen MR) is 192 cm³/mol. The zero-order valence-corrected chi connectivity index (χ0v) is 28.7. The molecule has 4 aromatic carbocycles. The van der Waals surface area contributed by atoms with Gasteiger partial charge < -0.3 is 9.84 Å². The second-order valence-electron chi connectivity index (χ2n) is 14.1. The summed E-state index contributed by atoms with van der Waals surface area (Å²) in [7, 11) is 1.47. The molecule has 51 heavy (non-hydrogen) atoms. The van der Waals surface area contributed by atoms with Crippen LogP contribution >= 0.6 is 0 Å². The van der Waals surface area contributed by atoms with Crippen LogP contribution in [-0.4, -0.2) is 40.9 Å². The minimum Gasteiger partial charge on any atom is -0.504 e. The molecule has 2 heterocycles. The molecule has 9 nitrogen and oxygen atoms in total. The van der Waals surface area contributed by atoms with Crippen molar-refractivity contribution in [2.24, 2.45) is 23.7 Å². The largest absolute Gasteiger partial charge is 0.504 e. The quantitative estimate of drug-likeness (QED) is 0.170. The first-order chi connectivity index (χ1) is 24.7. The average Bonchev–Trinajstić information content (AvgIpc) is 3.53. The molecule has 2 aliphatic carbocycles. The van der Waals surface area contributed by atoms with Crippen molar-refractivity contribution in [3.8, 4) is 11.5 Å². The Balaban J connectivity index is 1.31. The lowest BCUT2D eigenvalue weighted by Crippen LogP contribution is -2.53. The fourth-order valence-electron chi connectivity index (χ4n) is 9.14. The number of benzene rings is 4. The third-order valence-electron chi connectivity index (χ3n) is 11.5. The van der Waals surface area contributed by atoms with Crippen molar-refractivity contribution >= 4 is 35.0 Å². The lowest BCUT2D eigenvalue weighted by Gasteiger charge is -2.50. The highest BCUT2D eigenvalue weighted by Crippen LogP contribution is 2.64. The molecule has 4 amide bonds. The molecule has 0 radical (unpaired) electrons. The Morgan fingerprint density at radius 2 is 1.59 bits per heavy atom. The summed E-state index contributed by atoms with van der Waals surface area (Å²) in [6, 6.07) is 29.4. The van der Waals surface area contributed by atoms with Gasteiger partial charge in [0.25, 0.3) is 11.8 Å². The van der Waals surface area contributed by atoms with E-state index in [0.717, 1.165) is 28.1 Å². The van der Waals surface area contributed by atoms with Gasteiger partial charge in [0.2, 0.25) is 11.8 Å². The number of amides is 4. The Labute approximate surface area is 296 Å². The van der Waals surface area contributed by atoms with Crippen LogP contribution in [0.3, 0.4) is 0 Å². The minimum atomic E-state index is -1.42. The van der Waals surface area contributed by atoms with Crippen LogP contribution in [0, 0.1) is 30.6 Å². The molecule has 2 saturated heterocycles. The van der Waals surface area contributed by atoms with E-state index in [-0.39, 0.29) is 29.7 Å². The van der Waals surface area contributed by atoms with E-state index < -0.39 is 46.8 Å². The molecule has 3 fully saturated rings. The van der Waals surface area contributed by atoms with Crippen LogP contribution in [0.5, 0.6) is 11.5 Å². The van der Waals surface area contributed by atoms with Crippen LogP contribution in [0.2, 0.25) is 0 Å². The maximum atomic E-state index is 15.2. The number of hydrogen-bond donors (Lipinski definition) is 2. The minimum absolute atomic E-state index is 0.105. The van der Waals surface area contributed by atoms with E-state index in [2.05, 4.69) is 5.43 Å². The number of aryl methyl sites for hydroxylation is 2. The Morgan fingerprint density at radius 1 is 0.863 bits per heavy atom. The Kier molecular flexibility index (Phi) is 7.81. The zero-order valence-electron chi connectivity index (χ0n) is 28.7. The fraction of sp³-hybridized carbons (Fsp3) is 0.286. The maximum absolute atomic E-state index is 15.2. The number of methoxy groups -OCH3 is 1. The molecule has 4 aliphatic rings. The molecule has 258 valence electrons. The van der Waals surface area contributed by atoms with Gasteiger partial charge in [0.15, 0.2) is 11.5 Å². The first kappa shape index (κ1) is 32.5. The van der Waals surface area contributed by atoms with Gasteiger partial charge in [-0.3, -0.25) is 29.5 Å². The second kappa shape index (κ2) is 12.3. The van der Waals surface area contributed by atoms with Crippen molar-refractivity contribution in [3.05, 3.63) is 131 Å². The normalized spacial score (nSPS) is 26.8. The first-order valence-corrected chi connectivity index (χ1v) is 17.5. The summed E-state index contributed by atoms with van der Waals surface area (Å²) in [5.74, 6) is -4.65. The summed E-state index contributed by atoms with van der Waals surface area (Å²) in [5.41, 5.74) is 7.04. The van der Waals surface area contributed by atoms with Gasteiger partial charge in [0.05, 0.1) is 41.7 Å². The highest BCUT2D eigenvalue weighted by molar-refractivity contribution is 6.22. The molecule has 4 aromatic rings. The summed E-state index contributed by atoms with van der Waals surface area (Å²) >= 11 is 0. The monoisotopic (exact) mass is 681 g/mol. The van der Waals surface area contributed by atoms with E-state index in [0.29, 0.717) is 28.9 Å².